The largest absolute Gasteiger partial charge is 0.324 e. The number of carbonyl (C=O) groups is 1. The van der Waals surface area contributed by atoms with Crippen molar-refractivity contribution in [1.82, 2.24) is 5.32 Å². The number of hydrogen-bond acceptors (Lipinski definition) is 4. The summed E-state index contributed by atoms with van der Waals surface area (Å²) in [5, 5.41) is 16.5. The van der Waals surface area contributed by atoms with Crippen LogP contribution in [0.1, 0.15) is 19.3 Å². The van der Waals surface area contributed by atoms with Crippen LogP contribution in [-0.2, 0) is 4.79 Å². The normalized spacial score (nSPS) is 18.2. The first-order valence-corrected chi connectivity index (χ1v) is 5.95. The number of amides is 1. The molecule has 0 saturated carbocycles. The Morgan fingerprint density at radius 1 is 1.42 bits per heavy atom. The molecule has 0 aliphatic carbocycles. The molecular weight excluding hydrogens is 270 g/mol. The van der Waals surface area contributed by atoms with E-state index < -0.39 is 4.92 Å². The van der Waals surface area contributed by atoms with Crippen molar-refractivity contribution >= 4 is 29.7 Å². The Morgan fingerprint density at radius 3 is 2.84 bits per heavy atom. The molecule has 1 aliphatic rings. The number of hydrogen-bond donors (Lipinski definition) is 2. The van der Waals surface area contributed by atoms with Crippen molar-refractivity contribution in [2.24, 2.45) is 0 Å². The van der Waals surface area contributed by atoms with Crippen molar-refractivity contribution in [1.29, 1.82) is 0 Å². The Bertz CT molecular complexity index is 461. The van der Waals surface area contributed by atoms with Crippen LogP contribution in [0.5, 0.6) is 0 Å². The molecular formula is C12H16ClN3O3. The molecule has 0 radical (unpaired) electrons. The highest BCUT2D eigenvalue weighted by atomic mass is 35.5. The van der Waals surface area contributed by atoms with Gasteiger partial charge in [0.05, 0.1) is 11.0 Å². The summed E-state index contributed by atoms with van der Waals surface area (Å²) in [6.45, 7) is 0.840. The third kappa shape index (κ3) is 4.18. The summed E-state index contributed by atoms with van der Waals surface area (Å²) in [6.07, 6.45) is 2.92. The predicted molar refractivity (Wildman–Crippen MR) is 74.6 cm³/mol. The lowest BCUT2D eigenvalue weighted by molar-refractivity contribution is -0.384. The van der Waals surface area contributed by atoms with E-state index in [9.17, 15) is 14.9 Å². The van der Waals surface area contributed by atoms with Crippen molar-refractivity contribution in [3.63, 3.8) is 0 Å². The first-order chi connectivity index (χ1) is 8.66. The molecule has 1 atom stereocenters. The van der Waals surface area contributed by atoms with Crippen LogP contribution in [0.4, 0.5) is 11.4 Å². The van der Waals surface area contributed by atoms with E-state index in [4.69, 9.17) is 0 Å². The van der Waals surface area contributed by atoms with Gasteiger partial charge in [0.2, 0.25) is 5.91 Å². The van der Waals surface area contributed by atoms with Gasteiger partial charge in [-0.3, -0.25) is 14.9 Å². The summed E-state index contributed by atoms with van der Waals surface area (Å²) in [4.78, 5) is 22.0. The number of piperidine rings is 1. The second kappa shape index (κ2) is 7.06. The molecule has 0 unspecified atom stereocenters. The fraction of sp³-hybridized carbons (Fsp3) is 0.417. The second-order valence-electron chi connectivity index (χ2n) is 4.30. The molecule has 2 N–H and O–H groups in total. The summed E-state index contributed by atoms with van der Waals surface area (Å²) in [6, 6.07) is 5.77. The lowest BCUT2D eigenvalue weighted by atomic mass is 10.0. The topological polar surface area (TPSA) is 84.3 Å². The van der Waals surface area contributed by atoms with E-state index in [0.29, 0.717) is 5.69 Å². The SMILES string of the molecule is Cl.O=C(Nc1cccc([N+](=O)[O-])c1)[C@H]1CCCCN1. The monoisotopic (exact) mass is 285 g/mol. The third-order valence-corrected chi connectivity index (χ3v) is 2.95. The van der Waals surface area contributed by atoms with E-state index in [0.717, 1.165) is 25.8 Å². The van der Waals surface area contributed by atoms with Crippen molar-refractivity contribution in [2.75, 3.05) is 11.9 Å². The van der Waals surface area contributed by atoms with Crippen LogP contribution in [0, 0.1) is 10.1 Å². The number of carbonyl (C=O) groups excluding carboxylic acids is 1. The Labute approximate surface area is 117 Å². The van der Waals surface area contributed by atoms with E-state index in [-0.39, 0.29) is 30.0 Å². The van der Waals surface area contributed by atoms with Crippen LogP contribution in [0.3, 0.4) is 0 Å². The fourth-order valence-corrected chi connectivity index (χ4v) is 2.00. The van der Waals surface area contributed by atoms with Crippen LogP contribution in [0.25, 0.3) is 0 Å². The summed E-state index contributed by atoms with van der Waals surface area (Å²) < 4.78 is 0. The van der Waals surface area contributed by atoms with Gasteiger partial charge in [-0.25, -0.2) is 0 Å². The fourth-order valence-electron chi connectivity index (χ4n) is 2.00. The van der Waals surface area contributed by atoms with E-state index in [1.807, 2.05) is 0 Å². The number of nitrogens with zero attached hydrogens (tertiary/aromatic N) is 1. The quantitative estimate of drug-likeness (QED) is 0.658. The van der Waals surface area contributed by atoms with Gasteiger partial charge in [0.1, 0.15) is 0 Å². The Hall–Kier alpha value is -1.66. The van der Waals surface area contributed by atoms with Gasteiger partial charge in [0.25, 0.3) is 5.69 Å². The molecule has 0 aromatic heterocycles. The van der Waals surface area contributed by atoms with Gasteiger partial charge in [0.15, 0.2) is 0 Å². The minimum atomic E-state index is -0.478. The highest BCUT2D eigenvalue weighted by Crippen LogP contribution is 2.18. The molecule has 2 rings (SSSR count). The zero-order valence-electron chi connectivity index (χ0n) is 10.3. The maximum atomic E-state index is 11.9. The molecule has 1 aromatic carbocycles. The van der Waals surface area contributed by atoms with E-state index in [1.165, 1.54) is 12.1 Å². The van der Waals surface area contributed by atoms with Crippen LogP contribution >= 0.6 is 12.4 Å². The van der Waals surface area contributed by atoms with Crippen LogP contribution in [0.15, 0.2) is 24.3 Å². The van der Waals surface area contributed by atoms with E-state index in [1.54, 1.807) is 12.1 Å². The minimum absolute atomic E-state index is 0. The zero-order valence-corrected chi connectivity index (χ0v) is 11.1. The zero-order chi connectivity index (χ0) is 13.0. The molecule has 7 heteroatoms. The van der Waals surface area contributed by atoms with Gasteiger partial charge in [-0.2, -0.15) is 0 Å². The average Bonchev–Trinajstić information content (AvgIpc) is 2.40. The average molecular weight is 286 g/mol. The first kappa shape index (κ1) is 15.4. The van der Waals surface area contributed by atoms with Crippen LogP contribution in [0.2, 0.25) is 0 Å². The number of halogens is 1. The van der Waals surface area contributed by atoms with Gasteiger partial charge < -0.3 is 10.6 Å². The standard InChI is InChI=1S/C12H15N3O3.ClH/c16-12(11-6-1-2-7-13-11)14-9-4-3-5-10(8-9)15(17)18;/h3-5,8,11,13H,1-2,6-7H2,(H,14,16);1H/t11-;/m1./s1. The number of nitrogens with one attached hydrogen (secondary N) is 2. The Balaban J connectivity index is 0.00000180. The molecule has 1 fully saturated rings. The highest BCUT2D eigenvalue weighted by Gasteiger charge is 2.20. The first-order valence-electron chi connectivity index (χ1n) is 5.95. The number of nitro groups is 1. The number of anilines is 1. The van der Waals surface area contributed by atoms with Gasteiger partial charge >= 0.3 is 0 Å². The van der Waals surface area contributed by atoms with Crippen molar-refractivity contribution < 1.29 is 9.72 Å². The smallest absolute Gasteiger partial charge is 0.271 e. The molecule has 1 amide bonds. The molecule has 0 spiro atoms. The maximum absolute atomic E-state index is 11.9. The Kier molecular flexibility index (Phi) is 5.72. The van der Waals surface area contributed by atoms with Crippen molar-refractivity contribution in [3.05, 3.63) is 34.4 Å². The van der Waals surface area contributed by atoms with E-state index in [2.05, 4.69) is 10.6 Å². The predicted octanol–water partition coefficient (Wildman–Crippen LogP) is 2.10. The summed E-state index contributed by atoms with van der Waals surface area (Å²) in [5.41, 5.74) is 0.436. The molecule has 19 heavy (non-hydrogen) atoms. The second-order valence-corrected chi connectivity index (χ2v) is 4.30. The molecule has 1 aromatic rings. The molecule has 1 saturated heterocycles. The molecule has 0 bridgehead atoms. The molecule has 1 heterocycles. The van der Waals surface area contributed by atoms with E-state index >= 15 is 0 Å². The maximum Gasteiger partial charge on any atom is 0.271 e. The lowest BCUT2D eigenvalue weighted by Gasteiger charge is -2.22. The third-order valence-electron chi connectivity index (χ3n) is 2.95. The number of non-ortho nitro benzene ring substituents is 1. The van der Waals surface area contributed by atoms with Crippen molar-refractivity contribution in [2.45, 2.75) is 25.3 Å². The van der Waals surface area contributed by atoms with Crippen LogP contribution < -0.4 is 10.6 Å². The summed E-state index contributed by atoms with van der Waals surface area (Å²) in [5.74, 6) is -0.129. The summed E-state index contributed by atoms with van der Waals surface area (Å²) >= 11 is 0. The van der Waals surface area contributed by atoms with Gasteiger partial charge in [-0.15, -0.1) is 12.4 Å². The molecule has 104 valence electrons. The Morgan fingerprint density at radius 2 is 2.21 bits per heavy atom. The molecule has 6 nitrogen and oxygen atoms in total. The summed E-state index contributed by atoms with van der Waals surface area (Å²) in [7, 11) is 0. The number of nitro benzene ring substituents is 1. The lowest BCUT2D eigenvalue weighted by Crippen LogP contribution is -2.43. The number of rotatable bonds is 3. The van der Waals surface area contributed by atoms with Gasteiger partial charge in [-0.05, 0) is 25.5 Å². The highest BCUT2D eigenvalue weighted by molar-refractivity contribution is 5.95. The number of benzene rings is 1. The van der Waals surface area contributed by atoms with Crippen molar-refractivity contribution in [3.8, 4) is 0 Å². The van der Waals surface area contributed by atoms with Gasteiger partial charge in [-0.1, -0.05) is 12.5 Å². The van der Waals surface area contributed by atoms with Gasteiger partial charge in [0, 0.05) is 17.8 Å². The van der Waals surface area contributed by atoms with Crippen LogP contribution in [-0.4, -0.2) is 23.4 Å². The molecule has 1 aliphatic heterocycles. The minimum Gasteiger partial charge on any atom is -0.324 e.